The summed E-state index contributed by atoms with van der Waals surface area (Å²) in [6.45, 7) is 8.30. The van der Waals surface area contributed by atoms with Crippen LogP contribution in [0.5, 0.6) is 0 Å². The molecule has 3 unspecified atom stereocenters. The van der Waals surface area contributed by atoms with Crippen molar-refractivity contribution in [1.29, 1.82) is 0 Å². The van der Waals surface area contributed by atoms with E-state index in [9.17, 15) is 0 Å². The first-order valence-corrected chi connectivity index (χ1v) is 11.1. The van der Waals surface area contributed by atoms with Gasteiger partial charge in [0.2, 0.25) is 0 Å². The molecule has 0 N–H and O–H groups in total. The van der Waals surface area contributed by atoms with Crippen LogP contribution >= 0.6 is 0 Å². The Kier molecular flexibility index (Phi) is 6.52. The van der Waals surface area contributed by atoms with Crippen LogP contribution in [-0.4, -0.2) is 34.0 Å². The molecule has 1 heterocycles. The van der Waals surface area contributed by atoms with Gasteiger partial charge in [-0.05, 0) is 50.6 Å². The van der Waals surface area contributed by atoms with Gasteiger partial charge in [0, 0.05) is 13.2 Å². The van der Waals surface area contributed by atoms with Crippen molar-refractivity contribution in [2.75, 3.05) is 13.2 Å². The molecule has 118 valence electrons. The highest BCUT2D eigenvalue weighted by molar-refractivity contribution is 6.66. The van der Waals surface area contributed by atoms with Crippen LogP contribution in [0.15, 0.2) is 0 Å². The molecule has 0 aromatic carbocycles. The lowest BCUT2D eigenvalue weighted by Gasteiger charge is -2.28. The van der Waals surface area contributed by atoms with Gasteiger partial charge in [0.25, 0.3) is 0 Å². The molecule has 1 aliphatic carbocycles. The van der Waals surface area contributed by atoms with Gasteiger partial charge in [-0.3, -0.25) is 0 Å². The summed E-state index contributed by atoms with van der Waals surface area (Å²) in [6, 6.07) is 1.15. The minimum atomic E-state index is -1.91. The van der Waals surface area contributed by atoms with Crippen molar-refractivity contribution in [2.24, 2.45) is 5.92 Å². The summed E-state index contributed by atoms with van der Waals surface area (Å²) in [6.07, 6.45) is 9.97. The average Bonchev–Trinajstić information content (AvgIpc) is 3.22. The molecule has 1 saturated carbocycles. The zero-order valence-corrected chi connectivity index (χ0v) is 14.5. The van der Waals surface area contributed by atoms with Gasteiger partial charge in [0.15, 0.2) is 0 Å². The van der Waals surface area contributed by atoms with Crippen LogP contribution in [0.3, 0.4) is 0 Å². The summed E-state index contributed by atoms with van der Waals surface area (Å²) in [4.78, 5) is 0. The van der Waals surface area contributed by atoms with Crippen LogP contribution in [0.25, 0.3) is 0 Å². The van der Waals surface area contributed by atoms with Gasteiger partial charge in [0.1, 0.15) is 0 Å². The zero-order chi connectivity index (χ0) is 14.4. The first kappa shape index (κ1) is 16.5. The highest BCUT2D eigenvalue weighted by atomic mass is 28.4. The van der Waals surface area contributed by atoms with Crippen molar-refractivity contribution in [3.8, 4) is 0 Å². The van der Waals surface area contributed by atoms with Crippen LogP contribution in [0, 0.1) is 5.92 Å². The average molecular weight is 301 g/mol. The molecule has 20 heavy (non-hydrogen) atoms. The fraction of sp³-hybridized carbons (Fsp3) is 1.00. The van der Waals surface area contributed by atoms with E-state index >= 15 is 0 Å². The molecule has 0 bridgehead atoms. The number of epoxide rings is 1. The first-order chi connectivity index (χ1) is 9.67. The van der Waals surface area contributed by atoms with E-state index in [1.54, 1.807) is 0 Å². The summed E-state index contributed by atoms with van der Waals surface area (Å²) in [5.41, 5.74) is 0. The lowest BCUT2D eigenvalue weighted by atomic mass is 9.86. The van der Waals surface area contributed by atoms with Crippen LogP contribution in [0.1, 0.15) is 58.8 Å². The second-order valence-corrected chi connectivity index (χ2v) is 9.96. The number of hydrogen-bond donors (Lipinski definition) is 0. The Bertz CT molecular complexity index is 277. The molecule has 2 fully saturated rings. The summed E-state index contributed by atoms with van der Waals surface area (Å²) in [5, 5.41) is 0. The summed E-state index contributed by atoms with van der Waals surface area (Å²) in [5.74, 6) is 0.884. The van der Waals surface area contributed by atoms with E-state index in [0.29, 0.717) is 12.2 Å². The van der Waals surface area contributed by atoms with Crippen molar-refractivity contribution in [1.82, 2.24) is 0 Å². The minimum Gasteiger partial charge on any atom is -0.394 e. The largest absolute Gasteiger partial charge is 0.394 e. The van der Waals surface area contributed by atoms with E-state index in [1.165, 1.54) is 32.1 Å². The Hall–Kier alpha value is 0.0969. The lowest BCUT2D eigenvalue weighted by Crippen LogP contribution is -2.39. The number of fused-ring (bicyclic) bond motifs is 1. The molecule has 0 spiro atoms. The van der Waals surface area contributed by atoms with Crippen molar-refractivity contribution < 1.29 is 13.6 Å². The van der Waals surface area contributed by atoms with Crippen molar-refractivity contribution >= 4 is 8.56 Å². The second-order valence-electron chi connectivity index (χ2n) is 6.62. The van der Waals surface area contributed by atoms with Gasteiger partial charge in [-0.2, -0.15) is 0 Å². The Balaban J connectivity index is 1.66. The van der Waals surface area contributed by atoms with E-state index < -0.39 is 8.56 Å². The predicted octanol–water partition coefficient (Wildman–Crippen LogP) is 4.26. The number of ether oxygens (including phenoxy) is 1. The summed E-state index contributed by atoms with van der Waals surface area (Å²) < 4.78 is 17.8. The van der Waals surface area contributed by atoms with Gasteiger partial charge < -0.3 is 13.6 Å². The van der Waals surface area contributed by atoms with E-state index in [2.05, 4.69) is 20.4 Å². The standard InChI is InChI=1S/C16H32O3Si/c1-4-10-17-20(3,18-11-5-2)12-6-7-14-8-9-15-16(13-14)19-15/h14-16H,4-13H2,1-3H3. The van der Waals surface area contributed by atoms with E-state index in [1.807, 2.05) is 0 Å². The van der Waals surface area contributed by atoms with E-state index in [4.69, 9.17) is 13.6 Å². The molecule has 2 aliphatic rings. The maximum absolute atomic E-state index is 6.09. The highest BCUT2D eigenvalue weighted by Crippen LogP contribution is 2.41. The Labute approximate surface area is 125 Å². The monoisotopic (exact) mass is 300 g/mol. The SMILES string of the molecule is CCCO[Si](C)(CCCC1CCC2OC2C1)OCCC. The number of rotatable bonds is 10. The third kappa shape index (κ3) is 5.13. The van der Waals surface area contributed by atoms with Crippen molar-refractivity contribution in [3.63, 3.8) is 0 Å². The molecule has 1 aliphatic heterocycles. The normalized spacial score (nSPS) is 29.2. The van der Waals surface area contributed by atoms with E-state index in [0.717, 1.165) is 38.0 Å². The molecule has 0 aromatic rings. The summed E-state index contributed by atoms with van der Waals surface area (Å²) in [7, 11) is -1.91. The molecule has 3 nitrogen and oxygen atoms in total. The summed E-state index contributed by atoms with van der Waals surface area (Å²) >= 11 is 0. The zero-order valence-electron chi connectivity index (χ0n) is 13.5. The molecule has 2 rings (SSSR count). The predicted molar refractivity (Wildman–Crippen MR) is 84.1 cm³/mol. The van der Waals surface area contributed by atoms with Crippen molar-refractivity contribution in [3.05, 3.63) is 0 Å². The van der Waals surface area contributed by atoms with Gasteiger partial charge in [0.05, 0.1) is 12.2 Å². The molecule has 0 aromatic heterocycles. The molecule has 0 radical (unpaired) electrons. The second kappa shape index (κ2) is 7.92. The number of hydrogen-bond acceptors (Lipinski definition) is 3. The molecular weight excluding hydrogens is 268 g/mol. The smallest absolute Gasteiger partial charge is 0.334 e. The minimum absolute atomic E-state index is 0.616. The maximum Gasteiger partial charge on any atom is 0.334 e. The van der Waals surface area contributed by atoms with Crippen LogP contribution in [0.4, 0.5) is 0 Å². The Morgan fingerprint density at radius 2 is 1.75 bits per heavy atom. The molecule has 1 saturated heterocycles. The molecular formula is C16H32O3Si. The fourth-order valence-corrected chi connectivity index (χ4v) is 5.77. The molecule has 0 amide bonds. The third-order valence-electron chi connectivity index (χ3n) is 4.58. The Morgan fingerprint density at radius 3 is 2.35 bits per heavy atom. The quantitative estimate of drug-likeness (QED) is 0.446. The maximum atomic E-state index is 6.09. The molecule has 3 atom stereocenters. The van der Waals surface area contributed by atoms with E-state index in [-0.39, 0.29) is 0 Å². The highest BCUT2D eigenvalue weighted by Gasteiger charge is 2.43. The first-order valence-electron chi connectivity index (χ1n) is 8.60. The Morgan fingerprint density at radius 1 is 1.05 bits per heavy atom. The fourth-order valence-electron chi connectivity index (χ4n) is 3.28. The van der Waals surface area contributed by atoms with Gasteiger partial charge in [-0.1, -0.05) is 26.7 Å². The van der Waals surface area contributed by atoms with Gasteiger partial charge >= 0.3 is 8.56 Å². The van der Waals surface area contributed by atoms with Crippen LogP contribution in [-0.2, 0) is 13.6 Å². The third-order valence-corrected chi connectivity index (χ3v) is 7.47. The topological polar surface area (TPSA) is 31.0 Å². The van der Waals surface area contributed by atoms with Crippen molar-refractivity contribution in [2.45, 2.75) is 83.6 Å². The van der Waals surface area contributed by atoms with Gasteiger partial charge in [-0.15, -0.1) is 0 Å². The molecule has 4 heteroatoms. The lowest BCUT2D eigenvalue weighted by molar-refractivity contribution is 0.171. The van der Waals surface area contributed by atoms with Crippen LogP contribution in [0.2, 0.25) is 12.6 Å². The van der Waals surface area contributed by atoms with Crippen LogP contribution < -0.4 is 0 Å². The van der Waals surface area contributed by atoms with Gasteiger partial charge in [-0.25, -0.2) is 0 Å².